The monoisotopic (exact) mass is 430 g/mol. The zero-order valence-electron chi connectivity index (χ0n) is 18.0. The van der Waals surface area contributed by atoms with E-state index in [2.05, 4.69) is 0 Å². The highest BCUT2D eigenvalue weighted by atomic mass is 16.6. The summed E-state index contributed by atoms with van der Waals surface area (Å²) in [6.07, 6.45) is 0.0234. The summed E-state index contributed by atoms with van der Waals surface area (Å²) in [5.41, 5.74) is 2.32. The molecular weight excluding hydrogens is 404 g/mol. The molecule has 5 heteroatoms. The first-order chi connectivity index (χ1) is 15.5. The van der Waals surface area contributed by atoms with Gasteiger partial charge in [0.15, 0.2) is 5.92 Å². The van der Waals surface area contributed by atoms with E-state index in [1.807, 2.05) is 78.9 Å². The van der Waals surface area contributed by atoms with Gasteiger partial charge in [0.2, 0.25) is 0 Å². The molecular formula is C27H26O5. The Morgan fingerprint density at radius 3 is 1.47 bits per heavy atom. The van der Waals surface area contributed by atoms with Gasteiger partial charge >= 0.3 is 11.9 Å². The number of hydrogen-bond acceptors (Lipinski definition) is 5. The molecule has 1 atom stereocenters. The fraction of sp³-hybridized carbons (Fsp3) is 0.222. The molecule has 164 valence electrons. The lowest BCUT2D eigenvalue weighted by molar-refractivity contribution is -0.165. The van der Waals surface area contributed by atoms with Gasteiger partial charge in [-0.1, -0.05) is 91.0 Å². The van der Waals surface area contributed by atoms with Crippen LogP contribution in [-0.2, 0) is 37.1 Å². The van der Waals surface area contributed by atoms with Gasteiger partial charge < -0.3 is 14.3 Å². The summed E-state index contributed by atoms with van der Waals surface area (Å²) in [5.74, 6) is -3.48. The topological polar surface area (TPSA) is 69.7 Å². The number of ether oxygens (including phenoxy) is 2. The van der Waals surface area contributed by atoms with Crippen molar-refractivity contribution < 1.29 is 23.9 Å². The van der Waals surface area contributed by atoms with E-state index in [0.29, 0.717) is 5.56 Å². The molecule has 5 nitrogen and oxygen atoms in total. The second-order valence-electron chi connectivity index (χ2n) is 7.59. The van der Waals surface area contributed by atoms with E-state index in [9.17, 15) is 14.4 Å². The van der Waals surface area contributed by atoms with Crippen LogP contribution >= 0.6 is 0 Å². The fourth-order valence-electron chi connectivity index (χ4n) is 3.50. The third-order valence-electron chi connectivity index (χ3n) is 5.09. The number of Topliss-reactive ketones (excluding diaryl/α,β-unsaturated/α-hetero) is 1. The minimum atomic E-state index is -1.26. The third kappa shape index (κ3) is 6.64. The molecule has 0 saturated carbocycles. The number of benzene rings is 3. The van der Waals surface area contributed by atoms with Crippen molar-refractivity contribution >= 4 is 17.7 Å². The molecule has 0 spiro atoms. The van der Waals surface area contributed by atoms with Crippen molar-refractivity contribution in [2.24, 2.45) is 5.92 Å². The van der Waals surface area contributed by atoms with Crippen LogP contribution in [0.5, 0.6) is 0 Å². The smallest absolute Gasteiger partial charge is 0.321 e. The summed E-state index contributed by atoms with van der Waals surface area (Å²) >= 11 is 0. The van der Waals surface area contributed by atoms with E-state index in [1.165, 1.54) is 6.92 Å². The van der Waals surface area contributed by atoms with Crippen molar-refractivity contribution in [1.82, 2.24) is 0 Å². The summed E-state index contributed by atoms with van der Waals surface area (Å²) in [7, 11) is 0. The van der Waals surface area contributed by atoms with E-state index in [4.69, 9.17) is 9.47 Å². The Balaban J connectivity index is 1.84. The SMILES string of the molecule is CC(=O)C[C@H](c1ccccc1)C(C(=O)OCc1ccccc1)C(=O)OCc1ccccc1. The van der Waals surface area contributed by atoms with Gasteiger partial charge in [0.05, 0.1) is 0 Å². The van der Waals surface area contributed by atoms with Crippen LogP contribution in [0.3, 0.4) is 0 Å². The average molecular weight is 431 g/mol. The molecule has 0 aromatic heterocycles. The van der Waals surface area contributed by atoms with E-state index in [1.54, 1.807) is 12.1 Å². The van der Waals surface area contributed by atoms with Crippen LogP contribution in [0.15, 0.2) is 91.0 Å². The first-order valence-corrected chi connectivity index (χ1v) is 10.5. The molecule has 0 fully saturated rings. The second-order valence-corrected chi connectivity index (χ2v) is 7.59. The lowest BCUT2D eigenvalue weighted by Crippen LogP contribution is -2.34. The zero-order valence-corrected chi connectivity index (χ0v) is 18.0. The van der Waals surface area contributed by atoms with E-state index in [-0.39, 0.29) is 25.4 Å². The minimum Gasteiger partial charge on any atom is -0.460 e. The molecule has 0 radical (unpaired) electrons. The van der Waals surface area contributed by atoms with Gasteiger partial charge in [0.1, 0.15) is 19.0 Å². The largest absolute Gasteiger partial charge is 0.460 e. The van der Waals surface area contributed by atoms with Crippen LogP contribution in [0, 0.1) is 5.92 Å². The number of hydrogen-bond donors (Lipinski definition) is 0. The maximum atomic E-state index is 13.1. The molecule has 3 rings (SSSR count). The van der Waals surface area contributed by atoms with Crippen molar-refractivity contribution in [3.05, 3.63) is 108 Å². The normalized spacial score (nSPS) is 11.6. The molecule has 0 N–H and O–H groups in total. The first kappa shape index (κ1) is 22.9. The lowest BCUT2D eigenvalue weighted by Gasteiger charge is -2.24. The van der Waals surface area contributed by atoms with Crippen molar-refractivity contribution in [2.45, 2.75) is 32.5 Å². The van der Waals surface area contributed by atoms with Crippen molar-refractivity contribution in [3.63, 3.8) is 0 Å². The standard InChI is InChI=1S/C27H26O5/c1-20(28)17-24(23-15-9-4-10-16-23)25(26(29)31-18-21-11-5-2-6-12-21)27(30)32-19-22-13-7-3-8-14-22/h2-16,24-25H,17-19H2,1H3/t24-/m1/s1. The van der Waals surface area contributed by atoms with E-state index >= 15 is 0 Å². The highest BCUT2D eigenvalue weighted by molar-refractivity contribution is 5.97. The molecule has 32 heavy (non-hydrogen) atoms. The predicted octanol–water partition coefficient (Wildman–Crippen LogP) is 4.85. The summed E-state index contributed by atoms with van der Waals surface area (Å²) in [6, 6.07) is 27.5. The average Bonchev–Trinajstić information content (AvgIpc) is 2.82. The third-order valence-corrected chi connectivity index (χ3v) is 5.09. The molecule has 3 aromatic carbocycles. The number of ketones is 1. The molecule has 0 unspecified atom stereocenters. The quantitative estimate of drug-likeness (QED) is 0.340. The Morgan fingerprint density at radius 2 is 1.06 bits per heavy atom. The van der Waals surface area contributed by atoms with E-state index in [0.717, 1.165) is 11.1 Å². The van der Waals surface area contributed by atoms with Gasteiger partial charge in [-0.2, -0.15) is 0 Å². The van der Waals surface area contributed by atoms with Gasteiger partial charge in [-0.05, 0) is 23.6 Å². The van der Waals surface area contributed by atoms with Gasteiger partial charge in [-0.15, -0.1) is 0 Å². The van der Waals surface area contributed by atoms with Crippen LogP contribution in [0.4, 0.5) is 0 Å². The number of esters is 2. The Labute approximate surface area is 188 Å². The summed E-state index contributed by atoms with van der Waals surface area (Å²) in [4.78, 5) is 38.3. The molecule has 0 aliphatic heterocycles. The first-order valence-electron chi connectivity index (χ1n) is 10.5. The van der Waals surface area contributed by atoms with Crippen LogP contribution < -0.4 is 0 Å². The van der Waals surface area contributed by atoms with Gasteiger partial charge in [0, 0.05) is 12.3 Å². The van der Waals surface area contributed by atoms with Gasteiger partial charge in [-0.25, -0.2) is 0 Å². The Kier molecular flexibility index (Phi) is 8.32. The Bertz CT molecular complexity index is 960. The van der Waals surface area contributed by atoms with Crippen LogP contribution in [-0.4, -0.2) is 17.7 Å². The second kappa shape index (κ2) is 11.6. The van der Waals surface area contributed by atoms with Gasteiger partial charge in [0.25, 0.3) is 0 Å². The highest BCUT2D eigenvalue weighted by Gasteiger charge is 2.39. The molecule has 0 aliphatic carbocycles. The predicted molar refractivity (Wildman–Crippen MR) is 120 cm³/mol. The van der Waals surface area contributed by atoms with Crippen LogP contribution in [0.2, 0.25) is 0 Å². The molecule has 0 heterocycles. The number of rotatable bonds is 10. The van der Waals surface area contributed by atoms with Crippen molar-refractivity contribution in [1.29, 1.82) is 0 Å². The summed E-state index contributed by atoms with van der Waals surface area (Å²) in [6.45, 7) is 1.51. The Hall–Kier alpha value is -3.73. The molecule has 0 aliphatic rings. The minimum absolute atomic E-state index is 0.0234. The summed E-state index contributed by atoms with van der Waals surface area (Å²) < 4.78 is 11.0. The van der Waals surface area contributed by atoms with Crippen molar-refractivity contribution in [2.75, 3.05) is 0 Å². The maximum absolute atomic E-state index is 13.1. The Morgan fingerprint density at radius 1 is 0.656 bits per heavy atom. The van der Waals surface area contributed by atoms with Crippen molar-refractivity contribution in [3.8, 4) is 0 Å². The number of carbonyl (C=O) groups excluding carboxylic acids is 3. The van der Waals surface area contributed by atoms with Crippen LogP contribution in [0.1, 0.15) is 36.0 Å². The van der Waals surface area contributed by atoms with Crippen LogP contribution in [0.25, 0.3) is 0 Å². The van der Waals surface area contributed by atoms with E-state index < -0.39 is 23.8 Å². The fourth-order valence-corrected chi connectivity index (χ4v) is 3.50. The molecule has 0 saturated heterocycles. The summed E-state index contributed by atoms with van der Waals surface area (Å²) in [5, 5.41) is 0. The molecule has 0 amide bonds. The maximum Gasteiger partial charge on any atom is 0.321 e. The zero-order chi connectivity index (χ0) is 22.8. The number of carbonyl (C=O) groups is 3. The molecule has 0 bridgehead atoms. The van der Waals surface area contributed by atoms with Gasteiger partial charge in [-0.3, -0.25) is 9.59 Å². The highest BCUT2D eigenvalue weighted by Crippen LogP contribution is 2.31. The lowest BCUT2D eigenvalue weighted by atomic mass is 9.82. The molecule has 3 aromatic rings.